The van der Waals surface area contributed by atoms with Crippen molar-refractivity contribution in [1.29, 1.82) is 0 Å². The number of carbonyl (C=O) groups is 2. The third-order valence-corrected chi connectivity index (χ3v) is 3.27. The first-order chi connectivity index (χ1) is 5.37. The molecule has 3 atom stereocenters. The number of carboxylic acid groups (broad SMARTS) is 1. The van der Waals surface area contributed by atoms with Gasteiger partial charge in [-0.2, -0.15) is 0 Å². The maximum atomic E-state index is 11.2. The molecule has 0 aliphatic carbocycles. The third kappa shape index (κ3) is 2.61. The Labute approximate surface area is 72.4 Å². The zero-order valence-corrected chi connectivity index (χ0v) is 7.63. The Morgan fingerprint density at radius 1 is 1.33 bits per heavy atom. The average molecular weight is 193 g/mol. The summed E-state index contributed by atoms with van der Waals surface area (Å²) in [6.45, 7) is 2.62. The monoisotopic (exact) mass is 193 g/mol. The summed E-state index contributed by atoms with van der Waals surface area (Å²) in [5.74, 6) is -1.94. The highest BCUT2D eigenvalue weighted by Gasteiger charge is 2.26. The van der Waals surface area contributed by atoms with E-state index < -0.39 is 33.2 Å². The molecule has 0 aromatic rings. The van der Waals surface area contributed by atoms with Gasteiger partial charge >= 0.3 is 5.97 Å². The molecular weight excluding hydrogens is 182 g/mol. The summed E-state index contributed by atoms with van der Waals surface area (Å²) in [6, 6.07) is 0. The van der Waals surface area contributed by atoms with E-state index in [1.165, 1.54) is 13.8 Å². The summed E-state index contributed by atoms with van der Waals surface area (Å²) < 4.78 is 11.2. The van der Waals surface area contributed by atoms with E-state index in [1.54, 1.807) is 0 Å². The van der Waals surface area contributed by atoms with Crippen LogP contribution >= 0.6 is 0 Å². The van der Waals surface area contributed by atoms with Gasteiger partial charge in [0.1, 0.15) is 10.5 Å². The minimum atomic E-state index is -1.74. The molecule has 3 unspecified atom stereocenters. The summed E-state index contributed by atoms with van der Waals surface area (Å²) >= 11 is 0. The predicted molar refractivity (Wildman–Crippen MR) is 43.9 cm³/mol. The molecule has 0 aromatic heterocycles. The van der Waals surface area contributed by atoms with Gasteiger partial charge in [-0.3, -0.25) is 13.8 Å². The number of rotatable bonds is 4. The van der Waals surface area contributed by atoms with Crippen LogP contribution in [0.3, 0.4) is 0 Å². The molecule has 70 valence electrons. The van der Waals surface area contributed by atoms with Crippen LogP contribution in [0.25, 0.3) is 0 Å². The van der Waals surface area contributed by atoms with Crippen molar-refractivity contribution in [2.24, 2.45) is 5.73 Å². The second kappa shape index (κ2) is 4.20. The van der Waals surface area contributed by atoms with E-state index in [4.69, 9.17) is 10.8 Å². The lowest BCUT2D eigenvalue weighted by Gasteiger charge is -2.10. The smallest absolute Gasteiger partial charge is 0.319 e. The number of carboxylic acids is 1. The molecule has 0 aromatic carbocycles. The van der Waals surface area contributed by atoms with Crippen molar-refractivity contribution in [2.45, 2.75) is 24.3 Å². The fraction of sp³-hybridized carbons (Fsp3) is 0.667. The fourth-order valence-electron chi connectivity index (χ4n) is 0.520. The van der Waals surface area contributed by atoms with Crippen LogP contribution in [0.5, 0.6) is 0 Å². The van der Waals surface area contributed by atoms with Gasteiger partial charge in [0, 0.05) is 10.8 Å². The zero-order chi connectivity index (χ0) is 9.89. The molecule has 3 N–H and O–H groups in total. The molecule has 0 rings (SSSR count). The molecule has 1 amide bonds. The topological polar surface area (TPSA) is 97.5 Å². The van der Waals surface area contributed by atoms with Gasteiger partial charge in [0.05, 0.1) is 0 Å². The van der Waals surface area contributed by atoms with Crippen molar-refractivity contribution in [2.75, 3.05) is 0 Å². The Morgan fingerprint density at radius 2 is 1.75 bits per heavy atom. The van der Waals surface area contributed by atoms with Crippen molar-refractivity contribution >= 4 is 22.7 Å². The Morgan fingerprint density at radius 3 is 2.00 bits per heavy atom. The summed E-state index contributed by atoms with van der Waals surface area (Å²) in [5, 5.41) is 6.46. The molecule has 12 heavy (non-hydrogen) atoms. The summed E-state index contributed by atoms with van der Waals surface area (Å²) in [6.07, 6.45) is 0. The summed E-state index contributed by atoms with van der Waals surface area (Å²) in [7, 11) is -1.74. The number of primary amides is 1. The molecule has 0 aliphatic heterocycles. The molecule has 5 nitrogen and oxygen atoms in total. The van der Waals surface area contributed by atoms with Crippen molar-refractivity contribution in [3.8, 4) is 0 Å². The Hall–Kier alpha value is -0.910. The van der Waals surface area contributed by atoms with E-state index in [9.17, 15) is 13.8 Å². The molecule has 0 aliphatic rings. The number of amides is 1. The van der Waals surface area contributed by atoms with Gasteiger partial charge < -0.3 is 10.8 Å². The number of carbonyl (C=O) groups excluding carboxylic acids is 1. The molecule has 0 fully saturated rings. The SMILES string of the molecule is CC(C(N)=O)S(=O)C(C)C(=O)O. The normalized spacial score (nSPS) is 17.8. The van der Waals surface area contributed by atoms with Crippen LogP contribution in [0.4, 0.5) is 0 Å². The van der Waals surface area contributed by atoms with Crippen LogP contribution in [0, 0.1) is 0 Å². The number of hydrogen-bond acceptors (Lipinski definition) is 3. The largest absolute Gasteiger partial charge is 0.480 e. The van der Waals surface area contributed by atoms with Crippen LogP contribution in [-0.4, -0.2) is 31.7 Å². The Kier molecular flexibility index (Phi) is 3.88. The van der Waals surface area contributed by atoms with Crippen LogP contribution in [0.1, 0.15) is 13.8 Å². The van der Waals surface area contributed by atoms with E-state index in [2.05, 4.69) is 0 Å². The number of nitrogens with two attached hydrogens (primary N) is 1. The molecule has 0 spiro atoms. The van der Waals surface area contributed by atoms with E-state index in [1.807, 2.05) is 0 Å². The number of aliphatic carboxylic acids is 1. The minimum Gasteiger partial charge on any atom is -0.480 e. The van der Waals surface area contributed by atoms with Gasteiger partial charge in [0.2, 0.25) is 5.91 Å². The van der Waals surface area contributed by atoms with Crippen LogP contribution < -0.4 is 5.73 Å². The summed E-state index contributed by atoms with van der Waals surface area (Å²) in [4.78, 5) is 20.8. The van der Waals surface area contributed by atoms with Crippen LogP contribution in [0.15, 0.2) is 0 Å². The van der Waals surface area contributed by atoms with Crippen molar-refractivity contribution in [3.63, 3.8) is 0 Å². The average Bonchev–Trinajstić information content (AvgIpc) is 2.00. The van der Waals surface area contributed by atoms with Gasteiger partial charge in [-0.25, -0.2) is 0 Å². The van der Waals surface area contributed by atoms with E-state index in [0.717, 1.165) is 0 Å². The van der Waals surface area contributed by atoms with E-state index in [0.29, 0.717) is 0 Å². The highest BCUT2D eigenvalue weighted by atomic mass is 32.2. The van der Waals surface area contributed by atoms with Gasteiger partial charge in [-0.15, -0.1) is 0 Å². The fourth-order valence-corrected chi connectivity index (χ4v) is 1.56. The molecule has 0 heterocycles. The second-order valence-corrected chi connectivity index (χ2v) is 4.42. The van der Waals surface area contributed by atoms with Crippen LogP contribution in [-0.2, 0) is 20.4 Å². The lowest BCUT2D eigenvalue weighted by molar-refractivity contribution is -0.136. The van der Waals surface area contributed by atoms with Crippen molar-refractivity contribution in [3.05, 3.63) is 0 Å². The molecule has 6 heteroatoms. The lowest BCUT2D eigenvalue weighted by atomic mass is 10.5. The standard InChI is InChI=1S/C6H11NO4S/c1-3(5(7)8)12(11)4(2)6(9)10/h3-4H,1-2H3,(H2,7,8)(H,9,10). The Balaban J connectivity index is 4.39. The predicted octanol–water partition coefficient (Wildman–Crippen LogP) is -0.918. The molecular formula is C6H11NO4S. The molecule has 0 bridgehead atoms. The van der Waals surface area contributed by atoms with Gasteiger partial charge in [-0.1, -0.05) is 0 Å². The van der Waals surface area contributed by atoms with Crippen LogP contribution in [0.2, 0.25) is 0 Å². The lowest BCUT2D eigenvalue weighted by Crippen LogP contribution is -2.36. The van der Waals surface area contributed by atoms with Crippen molar-refractivity contribution < 1.29 is 18.9 Å². The maximum Gasteiger partial charge on any atom is 0.319 e. The molecule has 0 saturated heterocycles. The molecule has 0 radical (unpaired) electrons. The zero-order valence-electron chi connectivity index (χ0n) is 6.81. The minimum absolute atomic E-state index is 0.749. The third-order valence-electron chi connectivity index (χ3n) is 1.45. The first-order valence-electron chi connectivity index (χ1n) is 3.29. The first-order valence-corrected chi connectivity index (χ1v) is 4.57. The highest BCUT2D eigenvalue weighted by Crippen LogP contribution is 2.03. The van der Waals surface area contributed by atoms with Gasteiger partial charge in [0.25, 0.3) is 0 Å². The second-order valence-electron chi connectivity index (χ2n) is 2.35. The van der Waals surface area contributed by atoms with Crippen molar-refractivity contribution in [1.82, 2.24) is 0 Å². The quantitative estimate of drug-likeness (QED) is 0.603. The van der Waals surface area contributed by atoms with E-state index in [-0.39, 0.29) is 0 Å². The first kappa shape index (κ1) is 11.1. The molecule has 0 saturated carbocycles. The van der Waals surface area contributed by atoms with Gasteiger partial charge in [0.15, 0.2) is 0 Å². The van der Waals surface area contributed by atoms with E-state index >= 15 is 0 Å². The number of hydrogen-bond donors (Lipinski definition) is 2. The Bertz CT molecular complexity index is 206. The maximum absolute atomic E-state index is 11.2. The van der Waals surface area contributed by atoms with Gasteiger partial charge in [-0.05, 0) is 13.8 Å². The highest BCUT2D eigenvalue weighted by molar-refractivity contribution is 7.87. The summed E-state index contributed by atoms with van der Waals surface area (Å²) in [5.41, 5.74) is 4.85.